The Balaban J connectivity index is 1.49. The topological polar surface area (TPSA) is 84.3 Å². The summed E-state index contributed by atoms with van der Waals surface area (Å²) in [4.78, 5) is 18.5. The molecule has 0 aliphatic carbocycles. The molecule has 22 heavy (non-hydrogen) atoms. The number of imidazole rings is 1. The summed E-state index contributed by atoms with van der Waals surface area (Å²) in [5.41, 5.74) is 1.01. The van der Waals surface area contributed by atoms with Crippen LogP contribution in [0, 0.1) is 6.92 Å². The second-order valence-electron chi connectivity index (χ2n) is 6.18. The molecule has 1 N–H and O–H groups in total. The van der Waals surface area contributed by atoms with Crippen molar-refractivity contribution in [3.8, 4) is 0 Å². The lowest BCUT2D eigenvalue weighted by molar-refractivity contribution is -0.123. The van der Waals surface area contributed by atoms with E-state index in [9.17, 15) is 13.2 Å². The van der Waals surface area contributed by atoms with E-state index in [0.29, 0.717) is 13.1 Å². The fourth-order valence-electron chi connectivity index (χ4n) is 3.09. The van der Waals surface area contributed by atoms with Gasteiger partial charge in [-0.05, 0) is 13.3 Å². The Bertz CT molecular complexity index is 654. The maximum Gasteiger partial charge on any atom is 0.234 e. The van der Waals surface area contributed by atoms with E-state index in [2.05, 4.69) is 14.9 Å². The van der Waals surface area contributed by atoms with Crippen LogP contribution in [-0.4, -0.2) is 66.0 Å². The summed E-state index contributed by atoms with van der Waals surface area (Å²) in [5.74, 6) is 1.37. The Hall–Kier alpha value is -1.41. The molecule has 3 heterocycles. The number of nitrogens with one attached hydrogen (secondary N) is 1. The number of carbonyl (C=O) groups is 1. The van der Waals surface area contributed by atoms with Crippen LogP contribution in [0.15, 0.2) is 6.20 Å². The van der Waals surface area contributed by atoms with E-state index in [1.54, 1.807) is 0 Å². The quantitative estimate of drug-likeness (QED) is 0.798. The summed E-state index contributed by atoms with van der Waals surface area (Å²) in [5, 5.41) is 3.06. The molecule has 0 bridgehead atoms. The fraction of sp³-hybridized carbons (Fsp3) is 0.714. The first-order chi connectivity index (χ1) is 10.4. The predicted octanol–water partition coefficient (Wildman–Crippen LogP) is -0.647. The van der Waals surface area contributed by atoms with Crippen molar-refractivity contribution in [3.05, 3.63) is 17.7 Å². The van der Waals surface area contributed by atoms with Crippen LogP contribution in [0.25, 0.3) is 0 Å². The molecule has 2 aliphatic heterocycles. The number of hydrogen-bond acceptors (Lipinski definition) is 5. The van der Waals surface area contributed by atoms with Gasteiger partial charge >= 0.3 is 0 Å². The summed E-state index contributed by atoms with van der Waals surface area (Å²) in [7, 11) is -2.89. The minimum atomic E-state index is -2.89. The minimum absolute atomic E-state index is 0.0235. The number of sulfone groups is 1. The van der Waals surface area contributed by atoms with Gasteiger partial charge < -0.3 is 9.88 Å². The van der Waals surface area contributed by atoms with Crippen molar-refractivity contribution >= 4 is 15.7 Å². The molecule has 1 fully saturated rings. The third-order valence-corrected chi connectivity index (χ3v) is 5.89. The van der Waals surface area contributed by atoms with E-state index < -0.39 is 9.84 Å². The highest BCUT2D eigenvalue weighted by atomic mass is 32.2. The van der Waals surface area contributed by atoms with Crippen molar-refractivity contribution in [2.24, 2.45) is 0 Å². The zero-order valence-corrected chi connectivity index (χ0v) is 13.6. The Morgan fingerprint density at radius 2 is 2.14 bits per heavy atom. The predicted molar refractivity (Wildman–Crippen MR) is 82.3 cm³/mol. The van der Waals surface area contributed by atoms with Gasteiger partial charge in [0.05, 0.1) is 23.7 Å². The van der Waals surface area contributed by atoms with Gasteiger partial charge in [-0.2, -0.15) is 0 Å². The molecule has 1 amide bonds. The Kier molecular flexibility index (Phi) is 4.22. The maximum absolute atomic E-state index is 12.1. The van der Waals surface area contributed by atoms with Crippen molar-refractivity contribution < 1.29 is 13.2 Å². The van der Waals surface area contributed by atoms with Crippen LogP contribution < -0.4 is 5.32 Å². The monoisotopic (exact) mass is 326 g/mol. The Labute approximate surface area is 130 Å². The molecule has 1 atom stereocenters. The number of aromatic nitrogens is 2. The lowest BCUT2D eigenvalue weighted by atomic mass is 10.1. The largest absolute Gasteiger partial charge is 0.350 e. The third-order valence-electron chi connectivity index (χ3n) is 4.28. The molecule has 1 aromatic rings. The number of carbonyl (C=O) groups excluding carboxylic acids is 1. The van der Waals surface area contributed by atoms with Gasteiger partial charge in [0.25, 0.3) is 0 Å². The van der Waals surface area contributed by atoms with Gasteiger partial charge in [0, 0.05) is 38.3 Å². The van der Waals surface area contributed by atoms with Crippen LogP contribution in [0.4, 0.5) is 0 Å². The second-order valence-corrected chi connectivity index (χ2v) is 8.49. The van der Waals surface area contributed by atoms with Crippen molar-refractivity contribution in [2.45, 2.75) is 32.4 Å². The number of hydrogen-bond donors (Lipinski definition) is 1. The van der Waals surface area contributed by atoms with Gasteiger partial charge in [-0.25, -0.2) is 13.4 Å². The van der Waals surface area contributed by atoms with Gasteiger partial charge in [0.1, 0.15) is 5.82 Å². The first kappa shape index (κ1) is 15.5. The number of fused-ring (bicyclic) bond motifs is 1. The minimum Gasteiger partial charge on any atom is -0.350 e. The first-order valence-corrected chi connectivity index (χ1v) is 9.48. The number of rotatable bonds is 3. The number of amides is 1. The highest BCUT2D eigenvalue weighted by Gasteiger charge is 2.25. The number of nitrogens with zero attached hydrogens (tertiary/aromatic N) is 3. The van der Waals surface area contributed by atoms with Gasteiger partial charge in [-0.3, -0.25) is 9.69 Å². The Morgan fingerprint density at radius 3 is 2.86 bits per heavy atom. The average molecular weight is 326 g/mol. The summed E-state index contributed by atoms with van der Waals surface area (Å²) < 4.78 is 24.9. The van der Waals surface area contributed by atoms with Crippen molar-refractivity contribution in [1.82, 2.24) is 19.8 Å². The van der Waals surface area contributed by atoms with Crippen molar-refractivity contribution in [3.63, 3.8) is 0 Å². The van der Waals surface area contributed by atoms with Crippen LogP contribution in [0.1, 0.15) is 17.9 Å². The molecule has 122 valence electrons. The molecule has 0 saturated carbocycles. The molecule has 1 saturated heterocycles. The molecule has 0 spiro atoms. The molecule has 1 aromatic heterocycles. The van der Waals surface area contributed by atoms with Crippen LogP contribution in [0.5, 0.6) is 0 Å². The smallest absolute Gasteiger partial charge is 0.234 e. The van der Waals surface area contributed by atoms with Crippen LogP contribution >= 0.6 is 0 Å². The SMILES string of the molecule is Cc1cn2c(n1)CCC(NC(=O)CN1CCS(=O)(=O)CC1)C2. The molecular weight excluding hydrogens is 304 g/mol. The number of aryl methyl sites for hydroxylation is 2. The highest BCUT2D eigenvalue weighted by Crippen LogP contribution is 2.15. The maximum atomic E-state index is 12.1. The molecule has 0 radical (unpaired) electrons. The van der Waals surface area contributed by atoms with E-state index >= 15 is 0 Å². The zero-order chi connectivity index (χ0) is 15.7. The van der Waals surface area contributed by atoms with E-state index in [4.69, 9.17) is 0 Å². The van der Waals surface area contributed by atoms with Crippen LogP contribution in [-0.2, 0) is 27.6 Å². The van der Waals surface area contributed by atoms with E-state index in [0.717, 1.165) is 30.9 Å². The van der Waals surface area contributed by atoms with E-state index in [1.165, 1.54) is 0 Å². The highest BCUT2D eigenvalue weighted by molar-refractivity contribution is 7.91. The molecule has 8 heteroatoms. The molecular formula is C14H22N4O3S. The van der Waals surface area contributed by atoms with Gasteiger partial charge in [0.2, 0.25) is 5.91 Å². The normalized spacial score (nSPS) is 24.7. The molecule has 1 unspecified atom stereocenters. The molecule has 7 nitrogen and oxygen atoms in total. The summed E-state index contributed by atoms with van der Waals surface area (Å²) >= 11 is 0. The fourth-order valence-corrected chi connectivity index (χ4v) is 4.37. The second kappa shape index (κ2) is 6.00. The van der Waals surface area contributed by atoms with E-state index in [-0.39, 0.29) is 30.0 Å². The van der Waals surface area contributed by atoms with Gasteiger partial charge in [0.15, 0.2) is 9.84 Å². The van der Waals surface area contributed by atoms with Crippen LogP contribution in [0.3, 0.4) is 0 Å². The molecule has 0 aromatic carbocycles. The van der Waals surface area contributed by atoms with E-state index in [1.807, 2.05) is 18.0 Å². The molecule has 3 rings (SSSR count). The van der Waals surface area contributed by atoms with Crippen LogP contribution in [0.2, 0.25) is 0 Å². The average Bonchev–Trinajstić information content (AvgIpc) is 2.80. The standard InChI is InChI=1S/C14H22N4O3S/c1-11-8-18-9-12(2-3-13(18)15-11)16-14(19)10-17-4-6-22(20,21)7-5-17/h8,12H,2-7,9-10H2,1H3,(H,16,19). The van der Waals surface area contributed by atoms with Crippen molar-refractivity contribution in [1.29, 1.82) is 0 Å². The lowest BCUT2D eigenvalue weighted by Crippen LogP contribution is -2.48. The summed E-state index contributed by atoms with van der Waals surface area (Å²) in [6.07, 6.45) is 3.79. The van der Waals surface area contributed by atoms with Crippen molar-refractivity contribution in [2.75, 3.05) is 31.1 Å². The lowest BCUT2D eigenvalue weighted by Gasteiger charge is -2.28. The van der Waals surface area contributed by atoms with Gasteiger partial charge in [-0.1, -0.05) is 0 Å². The zero-order valence-electron chi connectivity index (χ0n) is 12.8. The first-order valence-electron chi connectivity index (χ1n) is 7.66. The van der Waals surface area contributed by atoms with Gasteiger partial charge in [-0.15, -0.1) is 0 Å². The Morgan fingerprint density at radius 1 is 1.41 bits per heavy atom. The third kappa shape index (κ3) is 3.67. The summed E-state index contributed by atoms with van der Waals surface area (Å²) in [6, 6.07) is 0.127. The summed E-state index contributed by atoms with van der Waals surface area (Å²) in [6.45, 7) is 3.91. The molecule has 2 aliphatic rings.